The van der Waals surface area contributed by atoms with Gasteiger partial charge < -0.3 is 18.8 Å². The molecule has 11 heteroatoms. The summed E-state index contributed by atoms with van der Waals surface area (Å²) in [7, 11) is 2.66. The van der Waals surface area contributed by atoms with E-state index in [2.05, 4.69) is 9.71 Å². The highest BCUT2D eigenvalue weighted by atomic mass is 32.2. The molecule has 4 aromatic rings. The molecule has 0 aliphatic carbocycles. The van der Waals surface area contributed by atoms with Crippen LogP contribution in [0.4, 0.5) is 5.69 Å². The molecule has 0 radical (unpaired) electrons. The molecule has 0 aliphatic rings. The van der Waals surface area contributed by atoms with E-state index < -0.39 is 15.9 Å². The summed E-state index contributed by atoms with van der Waals surface area (Å²) in [5, 5.41) is 0. The van der Waals surface area contributed by atoms with Crippen LogP contribution in [0.2, 0.25) is 0 Å². The summed E-state index contributed by atoms with van der Waals surface area (Å²) < 4.78 is 46.3. The second-order valence-electron chi connectivity index (χ2n) is 7.37. The fourth-order valence-electron chi connectivity index (χ4n) is 3.43. The van der Waals surface area contributed by atoms with Gasteiger partial charge in [0.2, 0.25) is 0 Å². The van der Waals surface area contributed by atoms with Gasteiger partial charge in [0, 0.05) is 18.3 Å². The number of anilines is 1. The van der Waals surface area contributed by atoms with Crippen molar-refractivity contribution in [2.24, 2.45) is 12.0 Å². The van der Waals surface area contributed by atoms with E-state index in [0.717, 1.165) is 10.2 Å². The molecule has 0 saturated heterocycles. The van der Waals surface area contributed by atoms with Gasteiger partial charge in [-0.2, -0.15) is 4.99 Å². The van der Waals surface area contributed by atoms with Crippen LogP contribution in [0.1, 0.15) is 10.4 Å². The van der Waals surface area contributed by atoms with Crippen LogP contribution in [0.3, 0.4) is 0 Å². The third kappa shape index (κ3) is 4.86. The molecule has 182 valence electrons. The lowest BCUT2D eigenvalue weighted by Gasteiger charge is -2.09. The number of thiazole rings is 1. The van der Waals surface area contributed by atoms with Gasteiger partial charge in [-0.1, -0.05) is 11.3 Å². The molecule has 1 amide bonds. The smallest absolute Gasteiger partial charge is 0.279 e. The van der Waals surface area contributed by atoms with Crippen molar-refractivity contribution in [2.75, 3.05) is 26.1 Å². The Morgan fingerprint density at radius 1 is 0.886 bits per heavy atom. The fraction of sp³-hybridized carbons (Fsp3) is 0.167. The van der Waals surface area contributed by atoms with Crippen LogP contribution >= 0.6 is 11.3 Å². The SMILES string of the molecule is COc1ccc(S(=O)(=O)Nc2ccc(C(=O)N=c3sc4c(OC)ccc(OC)c4n3C)cc2)cc1. The molecule has 1 N–H and O–H groups in total. The maximum absolute atomic E-state index is 12.8. The van der Waals surface area contributed by atoms with Crippen molar-refractivity contribution in [3.8, 4) is 17.2 Å². The lowest BCUT2D eigenvalue weighted by Crippen LogP contribution is -2.14. The predicted molar refractivity (Wildman–Crippen MR) is 134 cm³/mol. The molecule has 0 fully saturated rings. The molecule has 4 rings (SSSR count). The number of ether oxygens (including phenoxy) is 3. The predicted octanol–water partition coefficient (Wildman–Crippen LogP) is 3.81. The van der Waals surface area contributed by atoms with Gasteiger partial charge in [-0.15, -0.1) is 0 Å². The Labute approximate surface area is 206 Å². The van der Waals surface area contributed by atoms with Crippen molar-refractivity contribution < 1.29 is 27.4 Å². The number of aryl methyl sites for hydroxylation is 1. The van der Waals surface area contributed by atoms with Crippen molar-refractivity contribution in [1.29, 1.82) is 0 Å². The van der Waals surface area contributed by atoms with Crippen LogP contribution in [0.5, 0.6) is 17.2 Å². The van der Waals surface area contributed by atoms with E-state index >= 15 is 0 Å². The minimum absolute atomic E-state index is 0.0940. The fourth-order valence-corrected chi connectivity index (χ4v) is 5.61. The Kier molecular flexibility index (Phi) is 6.81. The Morgan fingerprint density at radius 2 is 1.51 bits per heavy atom. The normalized spacial score (nSPS) is 11.9. The zero-order chi connectivity index (χ0) is 25.2. The number of methoxy groups -OCH3 is 3. The quantitative estimate of drug-likeness (QED) is 0.403. The van der Waals surface area contributed by atoms with Crippen molar-refractivity contribution in [3.05, 3.63) is 71.0 Å². The Hall–Kier alpha value is -3.83. The van der Waals surface area contributed by atoms with Crippen LogP contribution in [-0.4, -0.2) is 40.2 Å². The summed E-state index contributed by atoms with van der Waals surface area (Å²) in [5.74, 6) is 1.39. The maximum Gasteiger partial charge on any atom is 0.279 e. The van der Waals surface area contributed by atoms with Gasteiger partial charge in [0.15, 0.2) is 4.80 Å². The van der Waals surface area contributed by atoms with E-state index in [9.17, 15) is 13.2 Å². The summed E-state index contributed by atoms with van der Waals surface area (Å²) in [5.41, 5.74) is 1.40. The first-order valence-electron chi connectivity index (χ1n) is 10.3. The topological polar surface area (TPSA) is 108 Å². The van der Waals surface area contributed by atoms with Crippen molar-refractivity contribution in [3.63, 3.8) is 0 Å². The van der Waals surface area contributed by atoms with Crippen LogP contribution in [0.15, 0.2) is 70.6 Å². The second kappa shape index (κ2) is 9.80. The maximum atomic E-state index is 12.8. The van der Waals surface area contributed by atoms with Gasteiger partial charge in [-0.3, -0.25) is 9.52 Å². The van der Waals surface area contributed by atoms with Gasteiger partial charge in [-0.05, 0) is 60.7 Å². The molecule has 1 aromatic heterocycles. The van der Waals surface area contributed by atoms with Crippen molar-refractivity contribution in [2.45, 2.75) is 4.90 Å². The molecule has 0 bridgehead atoms. The highest BCUT2D eigenvalue weighted by Crippen LogP contribution is 2.34. The summed E-state index contributed by atoms with van der Waals surface area (Å²) in [6, 6.07) is 15.7. The standard InChI is InChI=1S/C24H23N3O6S2/c1-27-21-19(32-3)13-14-20(33-4)22(21)34-24(27)25-23(28)15-5-7-16(8-6-15)26-35(29,30)18-11-9-17(31-2)10-12-18/h5-14,26H,1-4H3. The number of amides is 1. The highest BCUT2D eigenvalue weighted by molar-refractivity contribution is 7.92. The largest absolute Gasteiger partial charge is 0.497 e. The Morgan fingerprint density at radius 3 is 2.11 bits per heavy atom. The van der Waals surface area contributed by atoms with Crippen LogP contribution < -0.4 is 23.7 Å². The van der Waals surface area contributed by atoms with E-state index in [1.54, 1.807) is 50.1 Å². The minimum atomic E-state index is -3.79. The lowest BCUT2D eigenvalue weighted by atomic mass is 10.2. The van der Waals surface area contributed by atoms with Gasteiger partial charge in [-0.25, -0.2) is 8.42 Å². The summed E-state index contributed by atoms with van der Waals surface area (Å²) in [6.45, 7) is 0. The number of hydrogen-bond acceptors (Lipinski definition) is 7. The third-order valence-corrected chi connectivity index (χ3v) is 7.81. The minimum Gasteiger partial charge on any atom is -0.497 e. The van der Waals surface area contributed by atoms with E-state index in [1.807, 2.05) is 0 Å². The first-order valence-corrected chi connectivity index (χ1v) is 12.6. The molecule has 0 aliphatic heterocycles. The monoisotopic (exact) mass is 513 g/mol. The molecule has 1 heterocycles. The van der Waals surface area contributed by atoms with E-state index in [0.29, 0.717) is 33.3 Å². The average molecular weight is 514 g/mol. The number of fused-ring (bicyclic) bond motifs is 1. The lowest BCUT2D eigenvalue weighted by molar-refractivity contribution is 0.0998. The summed E-state index contributed by atoms with van der Waals surface area (Å²) in [6.07, 6.45) is 0. The number of nitrogens with one attached hydrogen (secondary N) is 1. The zero-order valence-corrected chi connectivity index (χ0v) is 21.1. The molecule has 0 unspecified atom stereocenters. The van der Waals surface area contributed by atoms with Gasteiger partial charge in [0.25, 0.3) is 15.9 Å². The number of aromatic nitrogens is 1. The Balaban J connectivity index is 1.60. The number of nitrogens with zero attached hydrogens (tertiary/aromatic N) is 2. The zero-order valence-electron chi connectivity index (χ0n) is 19.4. The molecular formula is C24H23N3O6S2. The summed E-state index contributed by atoms with van der Waals surface area (Å²) in [4.78, 5) is 17.7. The van der Waals surface area contributed by atoms with Gasteiger partial charge in [0.1, 0.15) is 27.5 Å². The van der Waals surface area contributed by atoms with Crippen LogP contribution in [-0.2, 0) is 17.1 Å². The highest BCUT2D eigenvalue weighted by Gasteiger charge is 2.16. The number of hydrogen-bond donors (Lipinski definition) is 1. The number of carbonyl (C=O) groups excluding carboxylic acids is 1. The van der Waals surface area contributed by atoms with Gasteiger partial charge >= 0.3 is 0 Å². The number of sulfonamides is 1. The van der Waals surface area contributed by atoms with Gasteiger partial charge in [0.05, 0.1) is 26.2 Å². The number of rotatable bonds is 7. The Bertz CT molecular complexity index is 1550. The van der Waals surface area contributed by atoms with Crippen molar-refractivity contribution >= 4 is 43.2 Å². The van der Waals surface area contributed by atoms with Crippen LogP contribution in [0, 0.1) is 0 Å². The molecular weight excluding hydrogens is 490 g/mol. The molecule has 3 aromatic carbocycles. The molecule has 0 saturated carbocycles. The van der Waals surface area contributed by atoms with E-state index in [4.69, 9.17) is 14.2 Å². The van der Waals surface area contributed by atoms with E-state index in [-0.39, 0.29) is 4.90 Å². The second-order valence-corrected chi connectivity index (χ2v) is 10.0. The molecule has 0 spiro atoms. The molecule has 35 heavy (non-hydrogen) atoms. The van der Waals surface area contributed by atoms with E-state index in [1.165, 1.54) is 54.8 Å². The van der Waals surface area contributed by atoms with Crippen molar-refractivity contribution in [1.82, 2.24) is 4.57 Å². The first-order chi connectivity index (χ1) is 16.8. The number of carbonyl (C=O) groups is 1. The average Bonchev–Trinajstić information content (AvgIpc) is 3.19. The first kappa shape index (κ1) is 24.3. The number of benzene rings is 3. The third-order valence-electron chi connectivity index (χ3n) is 5.26. The molecule has 0 atom stereocenters. The summed E-state index contributed by atoms with van der Waals surface area (Å²) >= 11 is 1.31. The van der Waals surface area contributed by atoms with Crippen LogP contribution in [0.25, 0.3) is 10.2 Å². The molecule has 9 nitrogen and oxygen atoms in total.